The van der Waals surface area contributed by atoms with Crippen molar-refractivity contribution in [3.63, 3.8) is 0 Å². The number of methoxy groups -OCH3 is 1. The van der Waals surface area contributed by atoms with Crippen LogP contribution in [-0.4, -0.2) is 65.1 Å². The van der Waals surface area contributed by atoms with Gasteiger partial charge in [0.15, 0.2) is 5.96 Å². The third kappa shape index (κ3) is 10.2. The fraction of sp³-hybridized carbons (Fsp3) is 0.600. The summed E-state index contributed by atoms with van der Waals surface area (Å²) in [4.78, 5) is 16.4. The van der Waals surface area contributed by atoms with Crippen molar-refractivity contribution in [2.24, 2.45) is 4.99 Å². The standard InChI is InChI=1S/C20H32N4O4.HI/c1-21-20(22-9-5-10-27-13-12-26-2)23-15-16-6-3-7-17(14-16)24-19(25)18-8-4-11-28-18;/h3,6-7,14,18H,4-5,8-13,15H2,1-2H3,(H,24,25)(H2,21,22,23);1H. The van der Waals surface area contributed by atoms with Crippen LogP contribution in [0.25, 0.3) is 0 Å². The molecule has 29 heavy (non-hydrogen) atoms. The van der Waals surface area contributed by atoms with Crippen LogP contribution in [0.1, 0.15) is 24.8 Å². The molecule has 9 heteroatoms. The SMILES string of the molecule is CN=C(NCCCOCCOC)NCc1cccc(NC(=O)C2CCCO2)c1.I. The van der Waals surface area contributed by atoms with Crippen LogP contribution in [0, 0.1) is 0 Å². The van der Waals surface area contributed by atoms with Crippen LogP contribution >= 0.6 is 24.0 Å². The lowest BCUT2D eigenvalue weighted by molar-refractivity contribution is -0.124. The molecule has 1 unspecified atom stereocenters. The number of hydrogen-bond donors (Lipinski definition) is 3. The van der Waals surface area contributed by atoms with E-state index in [1.807, 2.05) is 24.3 Å². The first-order valence-electron chi connectivity index (χ1n) is 9.75. The maximum Gasteiger partial charge on any atom is 0.253 e. The molecule has 1 aromatic rings. The third-order valence-corrected chi connectivity index (χ3v) is 4.29. The Labute approximate surface area is 190 Å². The van der Waals surface area contributed by atoms with Crippen LogP contribution in [0.15, 0.2) is 29.3 Å². The van der Waals surface area contributed by atoms with Crippen LogP contribution in [0.3, 0.4) is 0 Å². The summed E-state index contributed by atoms with van der Waals surface area (Å²) in [6.45, 7) is 3.94. The quantitative estimate of drug-likeness (QED) is 0.179. The second-order valence-electron chi connectivity index (χ2n) is 6.50. The summed E-state index contributed by atoms with van der Waals surface area (Å²) >= 11 is 0. The predicted octanol–water partition coefficient (Wildman–Crippen LogP) is 2.14. The molecule has 0 aliphatic carbocycles. The Morgan fingerprint density at radius 1 is 1.28 bits per heavy atom. The number of anilines is 1. The Bertz CT molecular complexity index is 624. The highest BCUT2D eigenvalue weighted by Crippen LogP contribution is 2.16. The van der Waals surface area contributed by atoms with Crippen LogP contribution in [0.5, 0.6) is 0 Å². The van der Waals surface area contributed by atoms with Crippen molar-refractivity contribution in [3.8, 4) is 0 Å². The van der Waals surface area contributed by atoms with Crippen molar-refractivity contribution in [2.45, 2.75) is 31.9 Å². The van der Waals surface area contributed by atoms with Gasteiger partial charge in [-0.05, 0) is 37.0 Å². The molecule has 1 fully saturated rings. The second-order valence-corrected chi connectivity index (χ2v) is 6.50. The number of ether oxygens (including phenoxy) is 3. The minimum absolute atomic E-state index is 0. The number of carbonyl (C=O) groups is 1. The van der Waals surface area contributed by atoms with Crippen molar-refractivity contribution in [1.29, 1.82) is 0 Å². The van der Waals surface area contributed by atoms with Gasteiger partial charge in [0.25, 0.3) is 5.91 Å². The van der Waals surface area contributed by atoms with Crippen molar-refractivity contribution < 1.29 is 19.0 Å². The Balaban J connectivity index is 0.00000420. The summed E-state index contributed by atoms with van der Waals surface area (Å²) in [5.74, 6) is 0.651. The zero-order valence-electron chi connectivity index (χ0n) is 17.2. The van der Waals surface area contributed by atoms with Gasteiger partial charge in [0.05, 0.1) is 13.2 Å². The summed E-state index contributed by atoms with van der Waals surface area (Å²) in [6.07, 6.45) is 2.28. The molecule has 3 N–H and O–H groups in total. The molecule has 0 spiro atoms. The van der Waals surface area contributed by atoms with E-state index in [1.165, 1.54) is 0 Å². The van der Waals surface area contributed by atoms with E-state index >= 15 is 0 Å². The van der Waals surface area contributed by atoms with E-state index in [-0.39, 0.29) is 36.0 Å². The maximum atomic E-state index is 12.2. The van der Waals surface area contributed by atoms with Gasteiger partial charge in [0, 0.05) is 46.1 Å². The van der Waals surface area contributed by atoms with Gasteiger partial charge in [0.2, 0.25) is 0 Å². The molecule has 1 aliphatic heterocycles. The highest BCUT2D eigenvalue weighted by molar-refractivity contribution is 14.0. The first-order valence-corrected chi connectivity index (χ1v) is 9.75. The highest BCUT2D eigenvalue weighted by atomic mass is 127. The zero-order valence-corrected chi connectivity index (χ0v) is 19.6. The lowest BCUT2D eigenvalue weighted by atomic mass is 10.2. The van der Waals surface area contributed by atoms with Crippen LogP contribution in [-0.2, 0) is 25.5 Å². The van der Waals surface area contributed by atoms with E-state index in [9.17, 15) is 4.79 Å². The monoisotopic (exact) mass is 520 g/mol. The van der Waals surface area contributed by atoms with E-state index in [1.54, 1.807) is 14.2 Å². The lowest BCUT2D eigenvalue weighted by Crippen LogP contribution is -2.37. The molecular weight excluding hydrogens is 487 g/mol. The molecule has 1 atom stereocenters. The lowest BCUT2D eigenvalue weighted by Gasteiger charge is -2.14. The molecule has 1 amide bonds. The number of halogens is 1. The number of guanidine groups is 1. The molecule has 1 saturated heterocycles. The molecule has 164 valence electrons. The van der Waals surface area contributed by atoms with E-state index in [0.717, 1.165) is 43.0 Å². The number of nitrogens with zero attached hydrogens (tertiary/aromatic N) is 1. The summed E-state index contributed by atoms with van der Waals surface area (Å²) < 4.78 is 15.8. The Morgan fingerprint density at radius 3 is 2.86 bits per heavy atom. The molecule has 8 nitrogen and oxygen atoms in total. The van der Waals surface area contributed by atoms with Gasteiger partial charge in [-0.15, -0.1) is 24.0 Å². The zero-order chi connectivity index (χ0) is 20.0. The Kier molecular flexibility index (Phi) is 13.6. The largest absolute Gasteiger partial charge is 0.382 e. The van der Waals surface area contributed by atoms with E-state index in [0.29, 0.717) is 33.0 Å². The van der Waals surface area contributed by atoms with Gasteiger partial charge < -0.3 is 30.2 Å². The molecule has 1 aromatic carbocycles. The number of amides is 1. The smallest absolute Gasteiger partial charge is 0.253 e. The molecule has 2 rings (SSSR count). The predicted molar refractivity (Wildman–Crippen MR) is 125 cm³/mol. The summed E-state index contributed by atoms with van der Waals surface area (Å²) in [7, 11) is 3.40. The van der Waals surface area contributed by atoms with Crippen molar-refractivity contribution in [1.82, 2.24) is 10.6 Å². The van der Waals surface area contributed by atoms with Crippen molar-refractivity contribution >= 4 is 41.5 Å². The molecule has 0 bridgehead atoms. The average Bonchev–Trinajstić information content (AvgIpc) is 3.25. The third-order valence-electron chi connectivity index (χ3n) is 4.29. The van der Waals surface area contributed by atoms with E-state index in [4.69, 9.17) is 14.2 Å². The van der Waals surface area contributed by atoms with Gasteiger partial charge in [-0.1, -0.05) is 12.1 Å². The Hall–Kier alpha value is -1.43. The summed E-state index contributed by atoms with van der Waals surface area (Å²) in [5.41, 5.74) is 1.83. The number of rotatable bonds is 11. The van der Waals surface area contributed by atoms with Gasteiger partial charge >= 0.3 is 0 Å². The number of aliphatic imine (C=N–C) groups is 1. The molecule has 1 aliphatic rings. The summed E-state index contributed by atoms with van der Waals surface area (Å²) in [6, 6.07) is 7.77. The van der Waals surface area contributed by atoms with Crippen LogP contribution in [0.2, 0.25) is 0 Å². The van der Waals surface area contributed by atoms with E-state index < -0.39 is 0 Å². The second kappa shape index (κ2) is 15.4. The van der Waals surface area contributed by atoms with Crippen LogP contribution < -0.4 is 16.0 Å². The van der Waals surface area contributed by atoms with Crippen LogP contribution in [0.4, 0.5) is 5.69 Å². The number of hydrogen-bond acceptors (Lipinski definition) is 5. The molecule has 0 saturated carbocycles. The molecule has 1 heterocycles. The van der Waals surface area contributed by atoms with Crippen molar-refractivity contribution in [2.75, 3.05) is 52.4 Å². The number of nitrogens with one attached hydrogen (secondary N) is 3. The summed E-state index contributed by atoms with van der Waals surface area (Å²) in [5, 5.41) is 9.46. The molecular formula is C20H33IN4O4. The molecule has 0 aromatic heterocycles. The fourth-order valence-corrected chi connectivity index (χ4v) is 2.80. The Morgan fingerprint density at radius 2 is 2.14 bits per heavy atom. The average molecular weight is 520 g/mol. The van der Waals surface area contributed by atoms with Gasteiger partial charge in [-0.25, -0.2) is 0 Å². The van der Waals surface area contributed by atoms with Gasteiger partial charge in [-0.3, -0.25) is 9.79 Å². The minimum atomic E-state index is -0.330. The maximum absolute atomic E-state index is 12.2. The normalized spacial score (nSPS) is 16.2. The van der Waals surface area contributed by atoms with Crippen molar-refractivity contribution in [3.05, 3.63) is 29.8 Å². The minimum Gasteiger partial charge on any atom is -0.382 e. The van der Waals surface area contributed by atoms with E-state index in [2.05, 4.69) is 20.9 Å². The first-order chi connectivity index (χ1) is 13.7. The number of carbonyl (C=O) groups excluding carboxylic acids is 1. The van der Waals surface area contributed by atoms with Gasteiger partial charge in [-0.2, -0.15) is 0 Å². The topological polar surface area (TPSA) is 93.2 Å². The number of benzene rings is 1. The van der Waals surface area contributed by atoms with Gasteiger partial charge in [0.1, 0.15) is 6.10 Å². The first kappa shape index (κ1) is 25.6. The fourth-order valence-electron chi connectivity index (χ4n) is 2.80. The highest BCUT2D eigenvalue weighted by Gasteiger charge is 2.23. The molecule has 0 radical (unpaired) electrons.